The number of halogens is 1. The largest absolute Gasteiger partial charge is 0.481 e. The Morgan fingerprint density at radius 3 is 2.68 bits per heavy atom. The third-order valence-electron chi connectivity index (χ3n) is 3.25. The molecule has 1 aromatic rings. The number of aliphatic carboxylic acids is 1. The van der Waals surface area contributed by atoms with E-state index < -0.39 is 5.97 Å². The molecule has 19 heavy (non-hydrogen) atoms. The molecule has 7 heteroatoms. The van der Waals surface area contributed by atoms with Crippen molar-refractivity contribution in [3.63, 3.8) is 0 Å². The van der Waals surface area contributed by atoms with Crippen molar-refractivity contribution in [2.24, 2.45) is 5.92 Å². The summed E-state index contributed by atoms with van der Waals surface area (Å²) in [5.74, 6) is -1.07. The van der Waals surface area contributed by atoms with Crippen molar-refractivity contribution in [2.75, 3.05) is 13.1 Å². The predicted octanol–water partition coefficient (Wildman–Crippen LogP) is 2.52. The van der Waals surface area contributed by atoms with Crippen LogP contribution in [0.3, 0.4) is 0 Å². The number of hydrogen-bond acceptors (Lipinski definition) is 3. The number of piperidine rings is 1. The monoisotopic (exact) mass is 346 g/mol. The molecule has 0 aliphatic carbocycles. The van der Waals surface area contributed by atoms with Crippen molar-refractivity contribution in [3.8, 4) is 0 Å². The molecule has 1 saturated heterocycles. The van der Waals surface area contributed by atoms with E-state index in [9.17, 15) is 9.59 Å². The van der Waals surface area contributed by atoms with Gasteiger partial charge in [-0.15, -0.1) is 11.3 Å². The number of carbonyl (C=O) groups excluding carboxylic acids is 1. The van der Waals surface area contributed by atoms with E-state index in [4.69, 9.17) is 5.11 Å². The van der Waals surface area contributed by atoms with Crippen molar-refractivity contribution in [3.05, 3.63) is 20.8 Å². The minimum Gasteiger partial charge on any atom is -0.481 e. The maximum absolute atomic E-state index is 11.9. The molecule has 0 bridgehead atoms. The maximum atomic E-state index is 11.9. The SMILES string of the molecule is O=C(O)C1CCN(C(=O)NCc2ccsc2Br)CC1. The number of likely N-dealkylation sites (tertiary alicyclic amines) is 1. The van der Waals surface area contributed by atoms with Gasteiger partial charge < -0.3 is 15.3 Å². The summed E-state index contributed by atoms with van der Waals surface area (Å²) in [7, 11) is 0. The van der Waals surface area contributed by atoms with Gasteiger partial charge in [-0.2, -0.15) is 0 Å². The van der Waals surface area contributed by atoms with Gasteiger partial charge in [0.05, 0.1) is 9.70 Å². The number of carbonyl (C=O) groups is 2. The van der Waals surface area contributed by atoms with Crippen molar-refractivity contribution >= 4 is 39.3 Å². The number of rotatable bonds is 3. The van der Waals surface area contributed by atoms with Crippen LogP contribution in [-0.2, 0) is 11.3 Å². The predicted molar refractivity (Wildman–Crippen MR) is 76.2 cm³/mol. The van der Waals surface area contributed by atoms with Gasteiger partial charge in [-0.25, -0.2) is 4.79 Å². The Hall–Kier alpha value is -1.08. The second-order valence-corrected chi connectivity index (χ2v) is 6.71. The van der Waals surface area contributed by atoms with Gasteiger partial charge in [0.1, 0.15) is 0 Å². The molecule has 2 rings (SSSR count). The van der Waals surface area contributed by atoms with Crippen molar-refractivity contribution < 1.29 is 14.7 Å². The van der Waals surface area contributed by atoms with E-state index >= 15 is 0 Å². The van der Waals surface area contributed by atoms with Crippen LogP contribution in [-0.4, -0.2) is 35.1 Å². The van der Waals surface area contributed by atoms with Gasteiger partial charge >= 0.3 is 12.0 Å². The Labute approximate surface area is 123 Å². The summed E-state index contributed by atoms with van der Waals surface area (Å²) in [6.45, 7) is 1.50. The highest BCUT2D eigenvalue weighted by Crippen LogP contribution is 2.23. The minimum atomic E-state index is -0.762. The molecular weight excluding hydrogens is 332 g/mol. The molecule has 0 spiro atoms. The van der Waals surface area contributed by atoms with Crippen molar-refractivity contribution in [1.82, 2.24) is 10.2 Å². The minimum absolute atomic E-state index is 0.123. The molecule has 0 atom stereocenters. The van der Waals surface area contributed by atoms with Crippen LogP contribution in [0.1, 0.15) is 18.4 Å². The summed E-state index contributed by atoms with van der Waals surface area (Å²) >= 11 is 5.01. The zero-order valence-corrected chi connectivity index (χ0v) is 12.7. The van der Waals surface area contributed by atoms with Crippen LogP contribution in [0.2, 0.25) is 0 Å². The average molecular weight is 347 g/mol. The number of amides is 2. The molecule has 1 aromatic heterocycles. The number of carboxylic acid groups (broad SMARTS) is 1. The van der Waals surface area contributed by atoms with E-state index in [-0.39, 0.29) is 11.9 Å². The standard InChI is InChI=1S/C12H15BrN2O3S/c13-10-9(3-6-19-10)7-14-12(18)15-4-1-8(2-5-15)11(16)17/h3,6,8H,1-2,4-5,7H2,(H,14,18)(H,16,17). The molecule has 1 fully saturated rings. The smallest absolute Gasteiger partial charge is 0.317 e. The number of nitrogens with one attached hydrogen (secondary N) is 1. The second-order valence-electron chi connectivity index (χ2n) is 4.48. The molecule has 1 aliphatic rings. The highest BCUT2D eigenvalue weighted by atomic mass is 79.9. The van der Waals surface area contributed by atoms with Crippen LogP contribution in [0, 0.1) is 5.92 Å². The first-order valence-corrected chi connectivity index (χ1v) is 7.72. The summed E-state index contributed by atoms with van der Waals surface area (Å²) in [5, 5.41) is 13.7. The number of hydrogen-bond donors (Lipinski definition) is 2. The van der Waals surface area contributed by atoms with E-state index in [0.29, 0.717) is 32.5 Å². The Morgan fingerprint density at radius 2 is 2.16 bits per heavy atom. The molecule has 2 N–H and O–H groups in total. The molecule has 0 aromatic carbocycles. The Bertz CT molecular complexity index is 469. The summed E-state index contributed by atoms with van der Waals surface area (Å²) in [5.41, 5.74) is 1.05. The van der Waals surface area contributed by atoms with Crippen LogP contribution in [0.25, 0.3) is 0 Å². The van der Waals surface area contributed by atoms with Gasteiger partial charge in [0, 0.05) is 19.6 Å². The number of thiophene rings is 1. The molecule has 0 saturated carbocycles. The van der Waals surface area contributed by atoms with Gasteiger partial charge in [0.15, 0.2) is 0 Å². The van der Waals surface area contributed by atoms with Crippen molar-refractivity contribution in [2.45, 2.75) is 19.4 Å². The summed E-state index contributed by atoms with van der Waals surface area (Å²) in [6, 6.07) is 1.84. The third-order valence-corrected chi connectivity index (χ3v) is 5.07. The fourth-order valence-electron chi connectivity index (χ4n) is 2.06. The molecule has 2 heterocycles. The molecule has 2 amide bonds. The lowest BCUT2D eigenvalue weighted by atomic mass is 9.97. The van der Waals surface area contributed by atoms with Gasteiger partial charge in [0.2, 0.25) is 0 Å². The number of carboxylic acids is 1. The van der Waals surface area contributed by atoms with E-state index in [2.05, 4.69) is 21.2 Å². The summed E-state index contributed by atoms with van der Waals surface area (Å²) in [4.78, 5) is 24.4. The zero-order valence-electron chi connectivity index (χ0n) is 10.3. The van der Waals surface area contributed by atoms with E-state index in [1.165, 1.54) is 0 Å². The van der Waals surface area contributed by atoms with Gasteiger partial charge in [-0.3, -0.25) is 4.79 Å². The molecule has 0 unspecified atom stereocenters. The Kier molecular flexibility index (Phi) is 4.81. The van der Waals surface area contributed by atoms with E-state index in [0.717, 1.165) is 9.35 Å². The van der Waals surface area contributed by atoms with Crippen LogP contribution in [0.15, 0.2) is 15.2 Å². The Balaban J connectivity index is 1.79. The van der Waals surface area contributed by atoms with E-state index in [1.807, 2.05) is 11.4 Å². The lowest BCUT2D eigenvalue weighted by Gasteiger charge is -2.30. The van der Waals surface area contributed by atoms with Crippen LogP contribution in [0.5, 0.6) is 0 Å². The number of nitrogens with zero attached hydrogens (tertiary/aromatic N) is 1. The fourth-order valence-corrected chi connectivity index (χ4v) is 3.30. The molecule has 104 valence electrons. The Morgan fingerprint density at radius 1 is 1.47 bits per heavy atom. The van der Waals surface area contributed by atoms with Gasteiger partial charge in [0.25, 0.3) is 0 Å². The van der Waals surface area contributed by atoms with Crippen LogP contribution >= 0.6 is 27.3 Å². The molecule has 5 nitrogen and oxygen atoms in total. The fraction of sp³-hybridized carbons (Fsp3) is 0.500. The molecule has 1 aliphatic heterocycles. The zero-order chi connectivity index (χ0) is 13.8. The topological polar surface area (TPSA) is 69.6 Å². The maximum Gasteiger partial charge on any atom is 0.317 e. The summed E-state index contributed by atoms with van der Waals surface area (Å²) < 4.78 is 1.03. The first-order chi connectivity index (χ1) is 9.08. The van der Waals surface area contributed by atoms with Crippen LogP contribution in [0.4, 0.5) is 4.79 Å². The molecular formula is C12H15BrN2O3S. The van der Waals surface area contributed by atoms with Crippen LogP contribution < -0.4 is 5.32 Å². The molecule has 0 radical (unpaired) electrons. The third kappa shape index (κ3) is 3.70. The first kappa shape index (κ1) is 14.3. The summed E-state index contributed by atoms with van der Waals surface area (Å²) in [6.07, 6.45) is 1.07. The quantitative estimate of drug-likeness (QED) is 0.883. The van der Waals surface area contributed by atoms with Gasteiger partial charge in [-0.05, 0) is 45.8 Å². The highest BCUT2D eigenvalue weighted by Gasteiger charge is 2.26. The van der Waals surface area contributed by atoms with Gasteiger partial charge in [-0.1, -0.05) is 0 Å². The lowest BCUT2D eigenvalue weighted by Crippen LogP contribution is -2.45. The highest BCUT2D eigenvalue weighted by molar-refractivity contribution is 9.11. The normalized spacial score (nSPS) is 16.4. The van der Waals surface area contributed by atoms with Crippen molar-refractivity contribution in [1.29, 1.82) is 0 Å². The van der Waals surface area contributed by atoms with E-state index in [1.54, 1.807) is 16.2 Å². The first-order valence-electron chi connectivity index (χ1n) is 6.05. The average Bonchev–Trinajstić information content (AvgIpc) is 2.81. The lowest BCUT2D eigenvalue weighted by molar-refractivity contribution is -0.143. The second kappa shape index (κ2) is 6.38. The number of urea groups is 1.